The quantitative estimate of drug-likeness (QED) is 0.0454. The molecule has 69 heavy (non-hydrogen) atoms. The van der Waals surface area contributed by atoms with Gasteiger partial charge in [-0.1, -0.05) is 116 Å². The number of unbranched alkanes of at least 4 members (excludes halogenated alkanes) is 2. The SMILES string of the molecule is C=CCOC12Oc3ccc(OCc4ccccc4F)cc3C3C(CCCCO)C(CCCCO)C=C(C(=NOC4CCCCO4)CC1N(Cc1cccc4ccccc14)C(=O)CCC1CCCC1)C32. The molecule has 0 radical (unpaired) electrons. The van der Waals surface area contributed by atoms with Crippen molar-refractivity contribution in [2.75, 3.05) is 26.4 Å². The van der Waals surface area contributed by atoms with Crippen molar-refractivity contribution in [2.45, 2.75) is 140 Å². The summed E-state index contributed by atoms with van der Waals surface area (Å²) in [5.41, 5.74) is 4.15. The molecule has 10 nitrogen and oxygen atoms in total. The minimum absolute atomic E-state index is 0.0346. The van der Waals surface area contributed by atoms with Crippen LogP contribution in [0.25, 0.3) is 10.8 Å². The molecule has 0 spiro atoms. The average molecular weight is 943 g/mol. The Morgan fingerprint density at radius 3 is 2.45 bits per heavy atom. The minimum Gasteiger partial charge on any atom is -0.489 e. The van der Waals surface area contributed by atoms with Gasteiger partial charge in [-0.15, -0.1) is 6.58 Å². The highest BCUT2D eigenvalue weighted by molar-refractivity contribution is 6.03. The van der Waals surface area contributed by atoms with Crippen molar-refractivity contribution in [1.29, 1.82) is 0 Å². The number of benzene rings is 4. The zero-order valence-electron chi connectivity index (χ0n) is 40.2. The van der Waals surface area contributed by atoms with Gasteiger partial charge in [-0.25, -0.2) is 4.39 Å². The van der Waals surface area contributed by atoms with Crippen molar-refractivity contribution in [2.24, 2.45) is 28.8 Å². The molecule has 4 aromatic carbocycles. The lowest BCUT2D eigenvalue weighted by molar-refractivity contribution is -0.258. The Balaban J connectivity index is 1.23. The van der Waals surface area contributed by atoms with E-state index in [0.29, 0.717) is 61.8 Å². The van der Waals surface area contributed by atoms with Gasteiger partial charge in [-0.3, -0.25) is 4.79 Å². The topological polar surface area (TPSA) is 119 Å². The van der Waals surface area contributed by atoms with Crippen LogP contribution in [-0.4, -0.2) is 71.3 Å². The second-order valence-electron chi connectivity index (χ2n) is 19.9. The number of ether oxygens (including phenoxy) is 4. The van der Waals surface area contributed by atoms with Gasteiger partial charge in [0.1, 0.15) is 30.0 Å². The maximum Gasteiger partial charge on any atom is 0.239 e. The molecule has 3 aliphatic carbocycles. The molecule has 4 aromatic rings. The molecule has 2 aliphatic heterocycles. The maximum atomic E-state index is 15.5. The van der Waals surface area contributed by atoms with Gasteiger partial charge in [0, 0.05) is 56.1 Å². The number of carbonyl (C=O) groups excluding carboxylic acids is 1. The number of nitrogens with zero attached hydrogens (tertiary/aromatic N) is 2. The van der Waals surface area contributed by atoms with E-state index < -0.39 is 24.0 Å². The van der Waals surface area contributed by atoms with Crippen molar-refractivity contribution < 1.29 is 43.2 Å². The van der Waals surface area contributed by atoms with E-state index in [-0.39, 0.29) is 55.9 Å². The lowest BCUT2D eigenvalue weighted by atomic mass is 9.55. The zero-order chi connectivity index (χ0) is 47.6. The van der Waals surface area contributed by atoms with Gasteiger partial charge in [0.15, 0.2) is 0 Å². The average Bonchev–Trinajstić information content (AvgIpc) is 3.91. The van der Waals surface area contributed by atoms with Crippen LogP contribution in [0.2, 0.25) is 0 Å². The summed E-state index contributed by atoms with van der Waals surface area (Å²) < 4.78 is 42.3. The number of halogens is 1. The van der Waals surface area contributed by atoms with Crippen molar-refractivity contribution >= 4 is 22.4 Å². The van der Waals surface area contributed by atoms with E-state index in [1.165, 1.54) is 18.9 Å². The first-order valence-corrected chi connectivity index (χ1v) is 25.9. The third-order valence-corrected chi connectivity index (χ3v) is 15.6. The number of rotatable bonds is 22. The molecule has 2 N–H and O–H groups in total. The van der Waals surface area contributed by atoms with Crippen LogP contribution in [-0.2, 0) is 32.3 Å². The summed E-state index contributed by atoms with van der Waals surface area (Å²) in [6.07, 6.45) is 17.1. The van der Waals surface area contributed by atoms with E-state index in [4.69, 9.17) is 28.9 Å². The fourth-order valence-corrected chi connectivity index (χ4v) is 12.2. The first-order valence-electron chi connectivity index (χ1n) is 25.9. The summed E-state index contributed by atoms with van der Waals surface area (Å²) in [5.74, 6) is -0.575. The number of aliphatic hydroxyl groups is 2. The number of hydrogen-bond donors (Lipinski definition) is 2. The Labute approximate surface area is 407 Å². The summed E-state index contributed by atoms with van der Waals surface area (Å²) in [4.78, 5) is 24.0. The lowest BCUT2D eigenvalue weighted by Gasteiger charge is -2.60. The highest BCUT2D eigenvalue weighted by Crippen LogP contribution is 2.62. The minimum atomic E-state index is -1.41. The molecule has 7 atom stereocenters. The van der Waals surface area contributed by atoms with E-state index in [1.807, 2.05) is 23.1 Å². The van der Waals surface area contributed by atoms with Gasteiger partial charge in [0.05, 0.1) is 24.8 Å². The predicted octanol–water partition coefficient (Wildman–Crippen LogP) is 11.7. The fourth-order valence-electron chi connectivity index (χ4n) is 12.2. The lowest BCUT2D eigenvalue weighted by Crippen LogP contribution is -2.70. The summed E-state index contributed by atoms with van der Waals surface area (Å²) in [7, 11) is 0. The first-order chi connectivity index (χ1) is 33.9. The smallest absolute Gasteiger partial charge is 0.239 e. The van der Waals surface area contributed by atoms with Crippen LogP contribution in [0.5, 0.6) is 11.5 Å². The number of fused-ring (bicyclic) bond motifs is 3. The third kappa shape index (κ3) is 11.0. The van der Waals surface area contributed by atoms with E-state index in [2.05, 4.69) is 55.1 Å². The van der Waals surface area contributed by atoms with E-state index in [9.17, 15) is 14.6 Å². The standard InChI is InChI=1S/C58H71FN2O8/c1-2-33-67-58-53(61(54(64)30-27-40-16-3-4-17-40)38-43-22-15-21-41-18-5-7-23-46(41)43)37-51(60-69-55-26-11-14-34-65-55)48-35-42(19-9-12-31-62)47(24-10-13-32-63)56(57(48)58)49-36-45(28-29-52(49)68-58)66-39-44-20-6-8-25-50(44)59/h2,5-8,15,18,20-23,25,28-29,35-36,40,42,47,53,55-57,62-63H,1,3-4,9-14,16-17,19,24,26-27,30-34,37-39H2. The molecular weight excluding hydrogens is 872 g/mol. The highest BCUT2D eigenvalue weighted by atomic mass is 19.1. The summed E-state index contributed by atoms with van der Waals surface area (Å²) in [6, 6.07) is 26.5. The number of carbonyl (C=O) groups is 1. The number of aliphatic hydroxyl groups excluding tert-OH is 2. The molecule has 0 aromatic heterocycles. The molecule has 1 amide bonds. The van der Waals surface area contributed by atoms with Gasteiger partial charge in [-0.2, -0.15) is 0 Å². The Morgan fingerprint density at radius 2 is 1.65 bits per heavy atom. The van der Waals surface area contributed by atoms with E-state index in [0.717, 1.165) is 97.4 Å². The highest BCUT2D eigenvalue weighted by Gasteiger charge is 2.65. The second kappa shape index (κ2) is 23.2. The number of amides is 1. The molecule has 9 rings (SSSR count). The van der Waals surface area contributed by atoms with Gasteiger partial charge >= 0.3 is 0 Å². The number of allylic oxidation sites excluding steroid dienone is 1. The van der Waals surface area contributed by atoms with Crippen LogP contribution in [0.15, 0.2) is 114 Å². The Bertz CT molecular complexity index is 2420. The van der Waals surface area contributed by atoms with Gasteiger partial charge in [0.2, 0.25) is 18.0 Å². The summed E-state index contributed by atoms with van der Waals surface area (Å²) in [6.45, 7) is 5.47. The van der Waals surface area contributed by atoms with Crippen molar-refractivity contribution in [3.63, 3.8) is 0 Å². The first kappa shape index (κ1) is 48.9. The van der Waals surface area contributed by atoms with Gasteiger partial charge in [-0.05, 0) is 109 Å². The third-order valence-electron chi connectivity index (χ3n) is 15.6. The Morgan fingerprint density at radius 1 is 0.884 bits per heavy atom. The molecule has 2 saturated carbocycles. The van der Waals surface area contributed by atoms with E-state index in [1.54, 1.807) is 24.3 Å². The maximum absolute atomic E-state index is 15.5. The van der Waals surface area contributed by atoms with Crippen molar-refractivity contribution in [1.82, 2.24) is 4.90 Å². The molecule has 7 unspecified atom stereocenters. The van der Waals surface area contributed by atoms with Crippen LogP contribution < -0.4 is 9.47 Å². The molecule has 1 saturated heterocycles. The molecule has 2 heterocycles. The summed E-state index contributed by atoms with van der Waals surface area (Å²) >= 11 is 0. The van der Waals surface area contributed by atoms with Crippen LogP contribution in [0.3, 0.4) is 0 Å². The van der Waals surface area contributed by atoms with Gasteiger partial charge in [0.25, 0.3) is 0 Å². The van der Waals surface area contributed by atoms with Crippen LogP contribution >= 0.6 is 0 Å². The largest absolute Gasteiger partial charge is 0.489 e. The second-order valence-corrected chi connectivity index (χ2v) is 19.9. The van der Waals surface area contributed by atoms with Crippen LogP contribution in [0.1, 0.15) is 125 Å². The number of oxime groups is 1. The molecule has 3 fully saturated rings. The molecule has 5 aliphatic rings. The fraction of sp³-hybridized carbons (Fsp3) is 0.517. The number of hydrogen-bond acceptors (Lipinski definition) is 9. The predicted molar refractivity (Wildman–Crippen MR) is 266 cm³/mol. The van der Waals surface area contributed by atoms with Gasteiger partial charge < -0.3 is 38.9 Å². The normalized spacial score (nSPS) is 25.9. The molecule has 368 valence electrons. The molecule has 11 heteroatoms. The van der Waals surface area contributed by atoms with Crippen molar-refractivity contribution in [3.8, 4) is 11.5 Å². The molecule has 0 bridgehead atoms. The molecular formula is C58H71FN2O8. The van der Waals surface area contributed by atoms with Crippen molar-refractivity contribution in [3.05, 3.63) is 132 Å². The van der Waals surface area contributed by atoms with Crippen LogP contribution in [0, 0.1) is 29.5 Å². The Kier molecular flexibility index (Phi) is 16.5. The monoisotopic (exact) mass is 943 g/mol. The zero-order valence-corrected chi connectivity index (χ0v) is 40.2. The Hall–Kier alpha value is -5.07. The van der Waals surface area contributed by atoms with Crippen LogP contribution in [0.4, 0.5) is 4.39 Å². The summed E-state index contributed by atoms with van der Waals surface area (Å²) in [5, 5.41) is 27.4. The van der Waals surface area contributed by atoms with E-state index >= 15 is 4.79 Å².